The molecule has 0 fully saturated rings. The molecule has 1 aromatic carbocycles. The molecular formula is C18H21N5O. The summed E-state index contributed by atoms with van der Waals surface area (Å²) in [6.45, 7) is 1.44. The summed E-state index contributed by atoms with van der Waals surface area (Å²) in [7, 11) is 1.96. The summed E-state index contributed by atoms with van der Waals surface area (Å²) in [6, 6.07) is 12.1. The van der Waals surface area contributed by atoms with E-state index in [2.05, 4.69) is 20.5 Å². The van der Waals surface area contributed by atoms with Crippen LogP contribution in [0.2, 0.25) is 0 Å². The minimum Gasteiger partial charge on any atom is -0.395 e. The molecule has 0 spiro atoms. The molecule has 0 atom stereocenters. The summed E-state index contributed by atoms with van der Waals surface area (Å²) >= 11 is 0. The lowest BCUT2D eigenvalue weighted by molar-refractivity contribution is 0.304. The molecule has 3 rings (SSSR count). The number of likely N-dealkylation sites (N-methyl/N-ethyl adjacent to an activating group) is 1. The van der Waals surface area contributed by atoms with Gasteiger partial charge in [0, 0.05) is 55.0 Å². The average Bonchev–Trinajstić information content (AvgIpc) is 3.10. The quantitative estimate of drug-likeness (QED) is 0.623. The van der Waals surface area contributed by atoms with Crippen molar-refractivity contribution in [2.24, 2.45) is 0 Å². The van der Waals surface area contributed by atoms with Gasteiger partial charge in [-0.25, -0.2) is 0 Å². The Morgan fingerprint density at radius 2 is 2.00 bits per heavy atom. The summed E-state index contributed by atoms with van der Waals surface area (Å²) in [5.74, 6) is 0. The summed E-state index contributed by atoms with van der Waals surface area (Å²) in [4.78, 5) is 6.16. The molecule has 3 N–H and O–H groups in total. The fourth-order valence-corrected chi connectivity index (χ4v) is 2.52. The molecular weight excluding hydrogens is 302 g/mol. The summed E-state index contributed by atoms with van der Waals surface area (Å²) in [6.07, 6.45) is 5.41. The molecule has 0 aliphatic rings. The van der Waals surface area contributed by atoms with Crippen LogP contribution in [0.3, 0.4) is 0 Å². The third kappa shape index (κ3) is 3.72. The molecule has 0 unspecified atom stereocenters. The lowest BCUT2D eigenvalue weighted by atomic mass is 10.1. The largest absolute Gasteiger partial charge is 0.395 e. The van der Waals surface area contributed by atoms with E-state index in [-0.39, 0.29) is 6.61 Å². The van der Waals surface area contributed by atoms with Gasteiger partial charge in [-0.1, -0.05) is 0 Å². The number of nitrogens with zero attached hydrogens (tertiary/aromatic N) is 3. The van der Waals surface area contributed by atoms with Crippen LogP contribution in [0, 0.1) is 0 Å². The van der Waals surface area contributed by atoms with Crippen LogP contribution >= 0.6 is 0 Å². The van der Waals surface area contributed by atoms with Gasteiger partial charge in [0.15, 0.2) is 0 Å². The van der Waals surface area contributed by atoms with Gasteiger partial charge in [-0.3, -0.25) is 10.1 Å². The first-order chi connectivity index (χ1) is 11.8. The Morgan fingerprint density at radius 3 is 2.71 bits per heavy atom. The van der Waals surface area contributed by atoms with Gasteiger partial charge in [-0.2, -0.15) is 5.10 Å². The number of benzene rings is 1. The fraction of sp³-hybridized carbons (Fsp3) is 0.222. The van der Waals surface area contributed by atoms with E-state index in [1.165, 1.54) is 0 Å². The van der Waals surface area contributed by atoms with E-state index in [4.69, 9.17) is 5.11 Å². The number of aliphatic hydroxyl groups is 1. The van der Waals surface area contributed by atoms with Crippen molar-refractivity contribution < 1.29 is 5.11 Å². The molecule has 2 heterocycles. The molecule has 6 heteroatoms. The third-order valence-corrected chi connectivity index (χ3v) is 3.89. The molecule has 24 heavy (non-hydrogen) atoms. The number of hydrogen-bond donors (Lipinski definition) is 3. The van der Waals surface area contributed by atoms with E-state index < -0.39 is 0 Å². The number of aromatic nitrogens is 3. The van der Waals surface area contributed by atoms with Crippen LogP contribution in [-0.2, 0) is 6.54 Å². The monoisotopic (exact) mass is 323 g/mol. The van der Waals surface area contributed by atoms with Crippen molar-refractivity contribution in [2.75, 3.05) is 30.4 Å². The molecule has 0 radical (unpaired) electrons. The summed E-state index contributed by atoms with van der Waals surface area (Å²) in [5.41, 5.74) is 5.20. The van der Waals surface area contributed by atoms with E-state index in [0.29, 0.717) is 13.1 Å². The zero-order chi connectivity index (χ0) is 16.8. The number of anilines is 2. The highest BCUT2D eigenvalue weighted by atomic mass is 16.3. The standard InChI is InChI=1S/C18H21N5O/c1-23(9-10-24)17-6-4-16(5-7-17)20-12-15-13-21-22-18(15)14-3-2-8-19-11-14/h2-8,11,13,20,24H,9-10,12H2,1H3,(H,21,22). The third-order valence-electron chi connectivity index (χ3n) is 3.89. The molecule has 0 aliphatic heterocycles. The maximum Gasteiger partial charge on any atom is 0.0715 e. The van der Waals surface area contributed by atoms with Gasteiger partial charge in [-0.05, 0) is 36.4 Å². The SMILES string of the molecule is CN(CCO)c1ccc(NCc2cn[nH]c2-c2cccnc2)cc1. The number of pyridine rings is 1. The zero-order valence-corrected chi connectivity index (χ0v) is 13.6. The van der Waals surface area contributed by atoms with Crippen molar-refractivity contribution in [3.8, 4) is 11.3 Å². The predicted octanol–water partition coefficient (Wildman–Crippen LogP) is 2.51. The molecule has 3 aromatic rings. The highest BCUT2D eigenvalue weighted by Crippen LogP contribution is 2.22. The average molecular weight is 323 g/mol. The maximum absolute atomic E-state index is 9.00. The second kappa shape index (κ2) is 7.61. The Balaban J connectivity index is 1.66. The fourth-order valence-electron chi connectivity index (χ4n) is 2.52. The minimum atomic E-state index is 0.147. The second-order valence-electron chi connectivity index (χ2n) is 5.56. The van der Waals surface area contributed by atoms with Crippen LogP contribution < -0.4 is 10.2 Å². The zero-order valence-electron chi connectivity index (χ0n) is 13.6. The molecule has 0 amide bonds. The van der Waals surface area contributed by atoms with Crippen molar-refractivity contribution in [3.05, 3.63) is 60.6 Å². The molecule has 6 nitrogen and oxygen atoms in total. The number of H-pyrrole nitrogens is 1. The molecule has 0 bridgehead atoms. The van der Waals surface area contributed by atoms with Gasteiger partial charge in [0.2, 0.25) is 0 Å². The Bertz CT molecular complexity index is 755. The minimum absolute atomic E-state index is 0.147. The molecule has 124 valence electrons. The topological polar surface area (TPSA) is 77.1 Å². The first kappa shape index (κ1) is 16.0. The van der Waals surface area contributed by atoms with Gasteiger partial charge in [0.25, 0.3) is 0 Å². The van der Waals surface area contributed by atoms with Crippen LogP contribution in [0.4, 0.5) is 11.4 Å². The predicted molar refractivity (Wildman–Crippen MR) is 95.9 cm³/mol. The van der Waals surface area contributed by atoms with Crippen molar-refractivity contribution in [1.82, 2.24) is 15.2 Å². The smallest absolute Gasteiger partial charge is 0.0715 e. The van der Waals surface area contributed by atoms with Crippen LogP contribution in [0.25, 0.3) is 11.3 Å². The van der Waals surface area contributed by atoms with Crippen molar-refractivity contribution in [1.29, 1.82) is 0 Å². The molecule has 2 aromatic heterocycles. The number of rotatable bonds is 7. The Kier molecular flexibility index (Phi) is 5.08. The number of aromatic amines is 1. The first-order valence-corrected chi connectivity index (χ1v) is 7.86. The number of hydrogen-bond acceptors (Lipinski definition) is 5. The maximum atomic E-state index is 9.00. The van der Waals surface area contributed by atoms with Crippen molar-refractivity contribution in [2.45, 2.75) is 6.54 Å². The van der Waals surface area contributed by atoms with Crippen molar-refractivity contribution in [3.63, 3.8) is 0 Å². The Hall–Kier alpha value is -2.86. The van der Waals surface area contributed by atoms with Crippen LogP contribution in [0.15, 0.2) is 55.0 Å². The Labute approximate surface area is 141 Å². The van der Waals surface area contributed by atoms with Gasteiger partial charge in [0.05, 0.1) is 18.5 Å². The lowest BCUT2D eigenvalue weighted by Gasteiger charge is -2.18. The van der Waals surface area contributed by atoms with Crippen molar-refractivity contribution >= 4 is 11.4 Å². The highest BCUT2D eigenvalue weighted by molar-refractivity contribution is 5.62. The van der Waals surface area contributed by atoms with E-state index >= 15 is 0 Å². The van der Waals surface area contributed by atoms with E-state index in [9.17, 15) is 0 Å². The van der Waals surface area contributed by atoms with Gasteiger partial charge < -0.3 is 15.3 Å². The van der Waals surface area contributed by atoms with Gasteiger partial charge >= 0.3 is 0 Å². The first-order valence-electron chi connectivity index (χ1n) is 7.86. The number of aliphatic hydroxyl groups excluding tert-OH is 1. The van der Waals surface area contributed by atoms with E-state index in [0.717, 1.165) is 28.2 Å². The van der Waals surface area contributed by atoms with Crippen LogP contribution in [0.5, 0.6) is 0 Å². The van der Waals surface area contributed by atoms with E-state index in [1.54, 1.807) is 6.20 Å². The second-order valence-corrected chi connectivity index (χ2v) is 5.56. The van der Waals surface area contributed by atoms with Crippen LogP contribution in [-0.4, -0.2) is 40.5 Å². The highest BCUT2D eigenvalue weighted by Gasteiger charge is 2.07. The molecule has 0 saturated carbocycles. The molecule has 0 aliphatic carbocycles. The van der Waals surface area contributed by atoms with E-state index in [1.807, 2.05) is 60.7 Å². The van der Waals surface area contributed by atoms with Crippen LogP contribution in [0.1, 0.15) is 5.56 Å². The normalized spacial score (nSPS) is 10.6. The molecule has 0 saturated heterocycles. The lowest BCUT2D eigenvalue weighted by Crippen LogP contribution is -2.20. The Morgan fingerprint density at radius 1 is 1.17 bits per heavy atom. The number of nitrogens with one attached hydrogen (secondary N) is 2. The van der Waals surface area contributed by atoms with Gasteiger partial charge in [-0.15, -0.1) is 0 Å². The van der Waals surface area contributed by atoms with Gasteiger partial charge in [0.1, 0.15) is 0 Å². The summed E-state index contributed by atoms with van der Waals surface area (Å²) < 4.78 is 0. The summed E-state index contributed by atoms with van der Waals surface area (Å²) in [5, 5.41) is 19.6.